The number of nitrogens with two attached hydrogens (primary N) is 2. The molecule has 0 radical (unpaired) electrons. The molecule has 0 aliphatic rings. The second-order valence-corrected chi connectivity index (χ2v) is 21.3. The van der Waals surface area contributed by atoms with Crippen LogP contribution < -0.4 is 16.8 Å². The first kappa shape index (κ1) is 67.4. The van der Waals surface area contributed by atoms with E-state index in [9.17, 15) is 41.8 Å². The van der Waals surface area contributed by atoms with Crippen molar-refractivity contribution in [1.82, 2.24) is 30.0 Å². The first-order valence-corrected chi connectivity index (χ1v) is 29.2. The van der Waals surface area contributed by atoms with Gasteiger partial charge >= 0.3 is 5.97 Å². The quantitative estimate of drug-likeness (QED) is 0.0258. The first-order valence-electron chi connectivity index (χ1n) is 29.2. The molecule has 0 saturated carbocycles. The highest BCUT2D eigenvalue weighted by molar-refractivity contribution is 5.99. The molecule has 6 rings (SSSR count). The number of esters is 1. The van der Waals surface area contributed by atoms with E-state index in [0.717, 1.165) is 67.3 Å². The van der Waals surface area contributed by atoms with Crippen LogP contribution in [0.5, 0.6) is 0 Å². The summed E-state index contributed by atoms with van der Waals surface area (Å²) >= 11 is 0. The number of carbonyl (C=O) groups excluding carboxylic acids is 4. The van der Waals surface area contributed by atoms with E-state index in [1.54, 1.807) is 35.8 Å². The summed E-state index contributed by atoms with van der Waals surface area (Å²) < 4.78 is 61.0. The van der Waals surface area contributed by atoms with Gasteiger partial charge in [-0.15, -0.1) is 0 Å². The van der Waals surface area contributed by atoms with Crippen LogP contribution in [-0.2, 0) is 43.5 Å². The van der Waals surface area contributed by atoms with Gasteiger partial charge in [0.1, 0.15) is 40.8 Å². The van der Waals surface area contributed by atoms with E-state index in [4.69, 9.17) is 16.2 Å². The Morgan fingerprint density at radius 2 is 0.964 bits per heavy atom. The molecule has 0 bridgehead atoms. The van der Waals surface area contributed by atoms with Crippen molar-refractivity contribution < 1.29 is 46.6 Å². The van der Waals surface area contributed by atoms with Gasteiger partial charge in [0.25, 0.3) is 17.7 Å². The van der Waals surface area contributed by atoms with E-state index in [2.05, 4.69) is 34.3 Å². The number of ether oxygens (including phenoxy) is 1. The van der Waals surface area contributed by atoms with Crippen molar-refractivity contribution in [2.24, 2.45) is 11.5 Å². The number of rotatable bonds is 29. The maximum atomic E-state index is 14.0. The molecule has 18 heteroatoms. The molecule has 0 spiro atoms. The normalized spacial score (nSPS) is 12.6. The highest BCUT2D eigenvalue weighted by Gasteiger charge is 2.28. The van der Waals surface area contributed by atoms with Gasteiger partial charge in [-0.2, -0.15) is 0 Å². The van der Waals surface area contributed by atoms with Crippen molar-refractivity contribution in [3.8, 4) is 0 Å². The molecule has 2 aromatic heterocycles. The number of hydrogen-bond donors (Lipinski definition) is 4. The topological polar surface area (TPSA) is 197 Å². The number of carbonyl (C=O) groups is 4. The van der Waals surface area contributed by atoms with E-state index in [1.165, 1.54) is 46.9 Å². The Morgan fingerprint density at radius 3 is 1.44 bits per heavy atom. The van der Waals surface area contributed by atoms with Crippen LogP contribution in [0.3, 0.4) is 0 Å². The third kappa shape index (κ3) is 21.0. The fraction of sp³-hybridized carbons (Fsp3) is 0.424. The summed E-state index contributed by atoms with van der Waals surface area (Å²) in [4.78, 5) is 67.6. The zero-order chi connectivity index (χ0) is 61.5. The minimum Gasteiger partial charge on any atom is -0.456 e. The number of halogens is 4. The number of nitrogens with one attached hydrogen (secondary N) is 1. The average Bonchev–Trinajstić information content (AvgIpc) is 3.61. The lowest BCUT2D eigenvalue weighted by Gasteiger charge is -2.29. The van der Waals surface area contributed by atoms with Gasteiger partial charge < -0.3 is 41.3 Å². The van der Waals surface area contributed by atoms with Gasteiger partial charge in [-0.1, -0.05) is 90.1 Å². The zero-order valence-electron chi connectivity index (χ0n) is 49.9. The Kier molecular flexibility index (Phi) is 27.1. The molecule has 6 N–H and O–H groups in total. The smallest absolute Gasteiger partial charge is 0.338 e. The van der Waals surface area contributed by atoms with Crippen molar-refractivity contribution >= 4 is 23.7 Å². The van der Waals surface area contributed by atoms with E-state index < -0.39 is 59.4 Å². The molecule has 0 fully saturated rings. The lowest BCUT2D eigenvalue weighted by Crippen LogP contribution is -2.46. The van der Waals surface area contributed by atoms with Crippen molar-refractivity contribution in [1.29, 1.82) is 0 Å². The lowest BCUT2D eigenvalue weighted by molar-refractivity contribution is 0.0237. The van der Waals surface area contributed by atoms with Gasteiger partial charge in [-0.05, 0) is 147 Å². The monoisotopic (exact) mass is 1160 g/mol. The fourth-order valence-electron chi connectivity index (χ4n) is 9.84. The molecule has 3 amide bonds. The molecule has 0 aliphatic heterocycles. The number of aliphatic hydroxyl groups is 1. The first-order chi connectivity index (χ1) is 40.2. The maximum absolute atomic E-state index is 14.0. The minimum atomic E-state index is -1.19. The van der Waals surface area contributed by atoms with Crippen molar-refractivity contribution in [3.63, 3.8) is 0 Å². The molecule has 4 atom stereocenters. The summed E-state index contributed by atoms with van der Waals surface area (Å²) in [5, 5.41) is 14.4. The number of pyridine rings is 2. The van der Waals surface area contributed by atoms with Crippen LogP contribution in [0.15, 0.2) is 109 Å². The van der Waals surface area contributed by atoms with Crippen molar-refractivity contribution in [2.75, 3.05) is 39.3 Å². The zero-order valence-corrected chi connectivity index (χ0v) is 49.9. The van der Waals surface area contributed by atoms with Crippen LogP contribution in [0, 0.1) is 37.1 Å². The van der Waals surface area contributed by atoms with Crippen LogP contribution in [0.25, 0.3) is 0 Å². The van der Waals surface area contributed by atoms with Crippen LogP contribution in [-0.4, -0.2) is 117 Å². The number of benzene rings is 4. The van der Waals surface area contributed by atoms with Gasteiger partial charge in [0.15, 0.2) is 0 Å². The summed E-state index contributed by atoms with van der Waals surface area (Å²) in [6.07, 6.45) is 3.01. The largest absolute Gasteiger partial charge is 0.456 e. The maximum Gasteiger partial charge on any atom is 0.338 e. The Bertz CT molecular complexity index is 3080. The summed E-state index contributed by atoms with van der Waals surface area (Å²) in [7, 11) is 0. The molecular formula is C66H84F4N8O6. The van der Waals surface area contributed by atoms with E-state index in [1.807, 2.05) is 71.0 Å². The molecule has 2 heterocycles. The number of nitrogens with zero attached hydrogens (tertiary/aromatic N) is 5. The molecule has 0 aliphatic carbocycles. The highest BCUT2D eigenvalue weighted by Crippen LogP contribution is 2.20. The Labute approximate surface area is 493 Å². The van der Waals surface area contributed by atoms with E-state index >= 15 is 0 Å². The highest BCUT2D eigenvalue weighted by atomic mass is 19.1. The van der Waals surface area contributed by atoms with Crippen LogP contribution in [0.2, 0.25) is 0 Å². The molecule has 14 nitrogen and oxygen atoms in total. The van der Waals surface area contributed by atoms with E-state index in [0.29, 0.717) is 55.2 Å². The predicted octanol–water partition coefficient (Wildman–Crippen LogP) is 10.4. The molecule has 6 aromatic rings. The molecule has 0 unspecified atom stereocenters. The summed E-state index contributed by atoms with van der Waals surface area (Å²) in [6, 6.07) is 26.8. The number of hydrogen-bond acceptors (Lipinski definition) is 11. The van der Waals surface area contributed by atoms with Gasteiger partial charge in [-0.25, -0.2) is 32.3 Å². The van der Waals surface area contributed by atoms with Gasteiger partial charge in [-0.3, -0.25) is 14.4 Å². The predicted molar refractivity (Wildman–Crippen MR) is 320 cm³/mol. The van der Waals surface area contributed by atoms with Gasteiger partial charge in [0.05, 0.1) is 11.7 Å². The Morgan fingerprint density at radius 1 is 0.536 bits per heavy atom. The number of amides is 3. The SMILES string of the molecule is CCCN(CCC)C(=O)c1cc(C(=O)N(Cc2cccc(CC)c2)C[C@@H](O)[C@@H](N)Cc2cc(F)cc(F)c2)cc(C)n1.CCCN(CCC)C(=O)c1cc(C(=O)O[C@H](CNCc2cccc(CC)c2)[C@@H](N)Cc2cc(F)cc(F)c2)cc(C)n1. The molecule has 0 saturated heterocycles. The Hall–Kier alpha value is -7.38. The lowest BCUT2D eigenvalue weighted by atomic mass is 10.0. The molecule has 4 aromatic carbocycles. The number of aliphatic hydroxyl groups excluding tert-OH is 1. The summed E-state index contributed by atoms with van der Waals surface area (Å²) in [5.74, 6) is -4.39. The Balaban J connectivity index is 0.000000307. The second-order valence-electron chi connectivity index (χ2n) is 21.3. The third-order valence-corrected chi connectivity index (χ3v) is 13.9. The fourth-order valence-corrected chi connectivity index (χ4v) is 9.84. The summed E-state index contributed by atoms with van der Waals surface area (Å²) in [6.45, 7) is 18.7. The van der Waals surface area contributed by atoms with Crippen LogP contribution in [0.4, 0.5) is 17.6 Å². The van der Waals surface area contributed by atoms with Crippen molar-refractivity contribution in [3.05, 3.63) is 200 Å². The number of aromatic nitrogens is 2. The average molecular weight is 1160 g/mol. The van der Waals surface area contributed by atoms with Gasteiger partial charge in [0, 0.05) is 93.5 Å². The standard InChI is InChI=1S/2C33H42F2N4O3/c1-5-11-39(12-6-2)32(40)30-18-26(13-22(4)38-30)33(41)42-31(21-37-20-24-10-8-9-23(7-3)14-24)29(36)17-25-15-27(34)19-28(35)16-25;1-5-11-38(12-6-2)33(42)30-18-26(13-22(4)37-30)32(41)39(20-24-10-8-9-23(7-3)14-24)21-31(40)29(36)17-25-15-27(34)19-28(35)16-25/h8-10,13-16,18-19,29,31,37H,5-7,11-12,17,20-21,36H2,1-4H3;8-10,13-16,18-19,29,31,40H,5-7,11-12,17,20-21,36H2,1-4H3/t2*29-,31+/m00/s1. The van der Waals surface area contributed by atoms with E-state index in [-0.39, 0.29) is 66.8 Å². The number of aryl methyl sites for hydroxylation is 4. The van der Waals surface area contributed by atoms with Crippen LogP contribution >= 0.6 is 0 Å². The third-order valence-electron chi connectivity index (χ3n) is 13.9. The summed E-state index contributed by atoms with van der Waals surface area (Å²) in [5.41, 5.74) is 19.5. The van der Waals surface area contributed by atoms with Crippen LogP contribution in [0.1, 0.15) is 154 Å². The second kappa shape index (κ2) is 33.8. The van der Waals surface area contributed by atoms with Gasteiger partial charge in [0.2, 0.25) is 0 Å². The minimum absolute atomic E-state index is 0.0148. The molecule has 84 heavy (non-hydrogen) atoms. The van der Waals surface area contributed by atoms with Crippen molar-refractivity contribution in [2.45, 2.75) is 144 Å². The molecule has 452 valence electrons. The molecular weight excluding hydrogens is 1080 g/mol.